The van der Waals surface area contributed by atoms with Crippen LogP contribution in [0.2, 0.25) is 0 Å². The highest BCUT2D eigenvalue weighted by molar-refractivity contribution is 7.90. The summed E-state index contributed by atoms with van der Waals surface area (Å²) in [5.41, 5.74) is 0. The number of rotatable bonds is 7. The van der Waals surface area contributed by atoms with E-state index in [1.54, 1.807) is 13.0 Å². The molecule has 26 heavy (non-hydrogen) atoms. The summed E-state index contributed by atoms with van der Waals surface area (Å²) in [4.78, 5) is 29.3. The number of ether oxygens (including phenoxy) is 1. The van der Waals surface area contributed by atoms with E-state index in [1.165, 1.54) is 31.4 Å². The molecule has 0 aliphatic rings. The third-order valence-corrected chi connectivity index (χ3v) is 4.33. The van der Waals surface area contributed by atoms with Gasteiger partial charge in [-0.1, -0.05) is 18.2 Å². The van der Waals surface area contributed by atoms with Crippen LogP contribution in [0, 0.1) is 6.92 Å². The quantitative estimate of drug-likeness (QED) is 0.543. The number of nitrogens with one attached hydrogen (secondary N) is 1. The first-order valence-electron chi connectivity index (χ1n) is 7.25. The van der Waals surface area contributed by atoms with Crippen molar-refractivity contribution in [3.63, 3.8) is 0 Å². The van der Waals surface area contributed by atoms with Crippen LogP contribution in [-0.4, -0.2) is 49.0 Å². The van der Waals surface area contributed by atoms with E-state index in [-0.39, 0.29) is 35.2 Å². The second-order valence-corrected chi connectivity index (χ2v) is 6.77. The van der Waals surface area contributed by atoms with Gasteiger partial charge in [0.05, 0.1) is 18.6 Å². The first-order chi connectivity index (χ1) is 12.4. The maximum Gasteiger partial charge on any atom is 0.362 e. The number of urea groups is 1. The summed E-state index contributed by atoms with van der Waals surface area (Å²) in [6.45, 7) is 1.46. The number of benzene rings is 1. The van der Waals surface area contributed by atoms with Crippen LogP contribution in [0.4, 0.5) is 10.7 Å². The van der Waals surface area contributed by atoms with Gasteiger partial charge in [-0.15, -0.1) is 16.7 Å². The monoisotopic (exact) mass is 401 g/mol. The predicted octanol–water partition coefficient (Wildman–Crippen LogP) is 1.26. The minimum absolute atomic E-state index is 0.0520. The van der Waals surface area contributed by atoms with Gasteiger partial charge in [-0.3, -0.25) is 4.84 Å². The summed E-state index contributed by atoms with van der Waals surface area (Å²) in [5, 5.41) is 0.583. The van der Waals surface area contributed by atoms with Crippen molar-refractivity contribution in [1.82, 2.24) is 19.7 Å². The molecular weight excluding hydrogens is 386 g/mol. The lowest BCUT2D eigenvalue weighted by Crippen LogP contribution is -2.44. The predicted molar refractivity (Wildman–Crippen MR) is 92.4 cm³/mol. The Morgan fingerprint density at radius 3 is 2.54 bits per heavy atom. The van der Waals surface area contributed by atoms with Crippen LogP contribution in [0.25, 0.3) is 0 Å². The molecule has 1 aromatic carbocycles. The summed E-state index contributed by atoms with van der Waals surface area (Å²) >= 11 is 5.58. The molecule has 10 nitrogen and oxygen atoms in total. The number of amides is 2. The number of aromatic nitrogens is 3. The fraction of sp³-hybridized carbons (Fsp3) is 0.286. The Kier molecular flexibility index (Phi) is 6.66. The lowest BCUT2D eigenvalue weighted by Gasteiger charge is -2.20. The highest BCUT2D eigenvalue weighted by Gasteiger charge is 2.26. The number of anilines is 1. The molecule has 0 atom stereocenters. The highest BCUT2D eigenvalue weighted by atomic mass is 35.5. The van der Waals surface area contributed by atoms with E-state index in [0.29, 0.717) is 5.06 Å². The van der Waals surface area contributed by atoms with Crippen LogP contribution in [0.1, 0.15) is 5.82 Å². The van der Waals surface area contributed by atoms with Crippen molar-refractivity contribution in [1.29, 1.82) is 0 Å². The second kappa shape index (κ2) is 8.74. The number of hydroxylamine groups is 1. The Morgan fingerprint density at radius 1 is 1.23 bits per heavy atom. The van der Waals surface area contributed by atoms with Gasteiger partial charge in [0.15, 0.2) is 0 Å². The Hall–Kier alpha value is -2.50. The van der Waals surface area contributed by atoms with E-state index in [2.05, 4.69) is 15.0 Å². The van der Waals surface area contributed by atoms with Gasteiger partial charge in [0.25, 0.3) is 16.0 Å². The molecule has 2 rings (SSSR count). The van der Waals surface area contributed by atoms with Gasteiger partial charge in [-0.05, 0) is 19.1 Å². The molecule has 12 heteroatoms. The molecule has 0 fully saturated rings. The Balaban J connectivity index is 2.32. The van der Waals surface area contributed by atoms with E-state index in [9.17, 15) is 13.2 Å². The number of carbonyl (C=O) groups excluding carboxylic acids is 1. The van der Waals surface area contributed by atoms with Gasteiger partial charge in [0.2, 0.25) is 0 Å². The standard InChI is InChI=1S/C14H16ClN5O5S/c1-10-16-12(18-13(17-10)24-2)20(25-9-8-15)14(21)19-26(22,23)11-6-4-3-5-7-11/h3-7H,8-9H2,1-2H3,(H,19,21). The van der Waals surface area contributed by atoms with Crippen LogP contribution in [0.5, 0.6) is 6.01 Å². The SMILES string of the molecule is COc1nc(C)nc(N(OCCCl)C(=O)NS(=O)(=O)c2ccccc2)n1. The summed E-state index contributed by atoms with van der Waals surface area (Å²) in [6.07, 6.45) is 0. The molecule has 1 heterocycles. The van der Waals surface area contributed by atoms with Crippen molar-refractivity contribution in [3.05, 3.63) is 36.2 Å². The number of aryl methyl sites for hydroxylation is 1. The molecule has 0 bridgehead atoms. The number of alkyl halides is 1. The minimum atomic E-state index is -4.12. The first kappa shape index (κ1) is 19.8. The molecule has 0 aliphatic heterocycles. The van der Waals surface area contributed by atoms with Gasteiger partial charge in [-0.25, -0.2) is 17.9 Å². The lowest BCUT2D eigenvalue weighted by atomic mass is 10.4. The number of hydrogen-bond acceptors (Lipinski definition) is 8. The van der Waals surface area contributed by atoms with Crippen molar-refractivity contribution in [2.24, 2.45) is 0 Å². The Morgan fingerprint density at radius 2 is 1.92 bits per heavy atom. The topological polar surface area (TPSA) is 124 Å². The molecule has 0 aliphatic carbocycles. The molecule has 0 spiro atoms. The smallest absolute Gasteiger partial charge is 0.362 e. The van der Waals surface area contributed by atoms with Gasteiger partial charge >= 0.3 is 12.0 Å². The lowest BCUT2D eigenvalue weighted by molar-refractivity contribution is 0.127. The van der Waals surface area contributed by atoms with E-state index >= 15 is 0 Å². The van der Waals surface area contributed by atoms with Crippen molar-refractivity contribution >= 4 is 33.6 Å². The molecule has 2 aromatic rings. The molecule has 0 saturated carbocycles. The van der Waals surface area contributed by atoms with Gasteiger partial charge in [-0.2, -0.15) is 15.0 Å². The molecular formula is C14H16ClN5O5S. The van der Waals surface area contributed by atoms with Crippen LogP contribution in [0.15, 0.2) is 35.2 Å². The van der Waals surface area contributed by atoms with E-state index in [0.717, 1.165) is 0 Å². The molecule has 0 unspecified atom stereocenters. The summed E-state index contributed by atoms with van der Waals surface area (Å²) in [6, 6.07) is 6.21. The van der Waals surface area contributed by atoms with Crippen molar-refractivity contribution in [3.8, 4) is 6.01 Å². The third-order valence-electron chi connectivity index (χ3n) is 2.84. The number of nitrogens with zero attached hydrogens (tertiary/aromatic N) is 4. The van der Waals surface area contributed by atoms with E-state index in [1.807, 2.05) is 4.72 Å². The fourth-order valence-corrected chi connectivity index (χ4v) is 2.79. The van der Waals surface area contributed by atoms with Crippen LogP contribution in [-0.2, 0) is 14.9 Å². The zero-order valence-corrected chi connectivity index (χ0v) is 15.5. The average molecular weight is 402 g/mol. The molecule has 1 aromatic heterocycles. The van der Waals surface area contributed by atoms with E-state index < -0.39 is 16.1 Å². The molecule has 0 radical (unpaired) electrons. The molecule has 1 N–H and O–H groups in total. The maximum absolute atomic E-state index is 12.5. The summed E-state index contributed by atoms with van der Waals surface area (Å²) in [5.74, 6) is 0.0430. The van der Waals surface area contributed by atoms with Gasteiger partial charge in [0, 0.05) is 5.88 Å². The number of methoxy groups -OCH3 is 1. The first-order valence-corrected chi connectivity index (χ1v) is 9.26. The molecule has 140 valence electrons. The summed E-state index contributed by atoms with van der Waals surface area (Å²) in [7, 11) is -2.78. The van der Waals surface area contributed by atoms with Gasteiger partial charge < -0.3 is 4.74 Å². The normalized spacial score (nSPS) is 11.0. The van der Waals surface area contributed by atoms with Crippen LogP contribution in [0.3, 0.4) is 0 Å². The zero-order chi connectivity index (χ0) is 19.2. The number of halogens is 1. The summed E-state index contributed by atoms with van der Waals surface area (Å²) < 4.78 is 31.5. The largest absolute Gasteiger partial charge is 0.467 e. The fourth-order valence-electron chi connectivity index (χ4n) is 1.77. The zero-order valence-electron chi connectivity index (χ0n) is 13.9. The van der Waals surface area contributed by atoms with Crippen molar-refractivity contribution in [2.75, 3.05) is 24.7 Å². The number of carbonyl (C=O) groups is 1. The Labute approximate surface area is 155 Å². The Bertz CT molecular complexity index is 865. The van der Waals surface area contributed by atoms with E-state index in [4.69, 9.17) is 21.2 Å². The van der Waals surface area contributed by atoms with Crippen molar-refractivity contribution in [2.45, 2.75) is 11.8 Å². The second-order valence-electron chi connectivity index (χ2n) is 4.71. The highest BCUT2D eigenvalue weighted by Crippen LogP contribution is 2.14. The average Bonchev–Trinajstić information content (AvgIpc) is 2.62. The number of hydrogen-bond donors (Lipinski definition) is 1. The third kappa shape index (κ3) is 5.00. The molecule has 0 saturated heterocycles. The van der Waals surface area contributed by atoms with Crippen molar-refractivity contribution < 1.29 is 22.8 Å². The minimum Gasteiger partial charge on any atom is -0.467 e. The van der Waals surface area contributed by atoms with Crippen LogP contribution >= 0.6 is 11.6 Å². The van der Waals surface area contributed by atoms with Gasteiger partial charge in [0.1, 0.15) is 5.82 Å². The van der Waals surface area contributed by atoms with Crippen LogP contribution < -0.4 is 14.5 Å². The molecule has 2 amide bonds. The number of sulfonamides is 1. The maximum atomic E-state index is 12.5.